The number of fused-ring (bicyclic) bond motifs is 7. The van der Waals surface area contributed by atoms with Gasteiger partial charge in [0.1, 0.15) is 0 Å². The Morgan fingerprint density at radius 3 is 1.39 bits per heavy atom. The first kappa shape index (κ1) is 15.2. The summed E-state index contributed by atoms with van der Waals surface area (Å²) in [6.45, 7) is 0. The molecule has 0 spiro atoms. The van der Waals surface area contributed by atoms with Crippen molar-refractivity contribution in [1.82, 2.24) is 8.80 Å². The second-order valence-electron chi connectivity index (χ2n) is 7.04. The number of pyridine rings is 4. The SMILES string of the molecule is O=c1c2cc3c4ccccc4ccn3c(=O)c2cc2c3ccccc3ccn12. The monoisotopic (exact) mass is 362 g/mol. The van der Waals surface area contributed by atoms with E-state index in [1.54, 1.807) is 21.2 Å². The Labute approximate surface area is 158 Å². The molecule has 0 fully saturated rings. The quantitative estimate of drug-likeness (QED) is 0.297. The van der Waals surface area contributed by atoms with Gasteiger partial charge in [0.25, 0.3) is 11.1 Å². The summed E-state index contributed by atoms with van der Waals surface area (Å²) in [5, 5.41) is 4.85. The molecule has 4 aromatic heterocycles. The van der Waals surface area contributed by atoms with E-state index in [1.807, 2.05) is 72.8 Å². The predicted octanol–water partition coefficient (Wildman–Crippen LogP) is 4.37. The third-order valence-corrected chi connectivity index (χ3v) is 5.55. The molecule has 0 N–H and O–H groups in total. The summed E-state index contributed by atoms with van der Waals surface area (Å²) >= 11 is 0. The zero-order valence-corrected chi connectivity index (χ0v) is 14.8. The summed E-state index contributed by atoms with van der Waals surface area (Å²) in [6.07, 6.45) is 3.56. The Hall–Kier alpha value is -3.92. The van der Waals surface area contributed by atoms with Gasteiger partial charge in [0.15, 0.2) is 0 Å². The average Bonchev–Trinajstić information content (AvgIpc) is 2.74. The Morgan fingerprint density at radius 2 is 0.929 bits per heavy atom. The van der Waals surface area contributed by atoms with E-state index in [0.29, 0.717) is 10.8 Å². The molecule has 0 atom stereocenters. The molecule has 0 bridgehead atoms. The Kier molecular flexibility index (Phi) is 2.87. The molecule has 28 heavy (non-hydrogen) atoms. The number of benzene rings is 2. The average molecular weight is 362 g/mol. The molecular formula is C24H14N2O2. The first-order valence-electron chi connectivity index (χ1n) is 9.12. The topological polar surface area (TPSA) is 43.0 Å². The van der Waals surface area contributed by atoms with E-state index in [4.69, 9.17) is 0 Å². The van der Waals surface area contributed by atoms with E-state index in [0.717, 1.165) is 32.6 Å². The molecule has 0 saturated heterocycles. The minimum atomic E-state index is -0.175. The number of nitrogens with zero attached hydrogens (tertiary/aromatic N) is 2. The van der Waals surface area contributed by atoms with Gasteiger partial charge in [0, 0.05) is 23.2 Å². The van der Waals surface area contributed by atoms with Crippen molar-refractivity contribution >= 4 is 43.4 Å². The molecular weight excluding hydrogens is 348 g/mol. The molecule has 0 aliphatic heterocycles. The molecule has 4 heteroatoms. The summed E-state index contributed by atoms with van der Waals surface area (Å²) in [5.74, 6) is 0. The van der Waals surface area contributed by atoms with Gasteiger partial charge in [-0.25, -0.2) is 0 Å². The lowest BCUT2D eigenvalue weighted by Gasteiger charge is -2.10. The van der Waals surface area contributed by atoms with E-state index in [9.17, 15) is 9.59 Å². The summed E-state index contributed by atoms with van der Waals surface area (Å²) < 4.78 is 3.26. The normalized spacial score (nSPS) is 11.9. The lowest BCUT2D eigenvalue weighted by atomic mass is 10.1. The molecule has 0 aliphatic carbocycles. The van der Waals surface area contributed by atoms with Crippen LogP contribution >= 0.6 is 0 Å². The van der Waals surface area contributed by atoms with E-state index in [-0.39, 0.29) is 11.1 Å². The van der Waals surface area contributed by atoms with Crippen LogP contribution in [0, 0.1) is 0 Å². The standard InChI is InChI=1S/C24H14N2O2/c27-23-20-14-22-18-8-4-2-6-16(18)10-12-26(22)24(28)19(20)13-21-17-7-3-1-5-15(17)9-11-25(21)23/h1-14H. The maximum Gasteiger partial charge on any atom is 0.263 e. The van der Waals surface area contributed by atoms with Crippen LogP contribution in [0.4, 0.5) is 0 Å². The third-order valence-electron chi connectivity index (χ3n) is 5.55. The van der Waals surface area contributed by atoms with Crippen LogP contribution in [0.2, 0.25) is 0 Å². The Morgan fingerprint density at radius 1 is 0.500 bits per heavy atom. The fraction of sp³-hybridized carbons (Fsp3) is 0. The van der Waals surface area contributed by atoms with Gasteiger partial charge >= 0.3 is 0 Å². The minimum Gasteiger partial charge on any atom is -0.283 e. The fourth-order valence-electron chi connectivity index (χ4n) is 4.17. The van der Waals surface area contributed by atoms with Crippen molar-refractivity contribution in [3.63, 3.8) is 0 Å². The third kappa shape index (κ3) is 1.89. The zero-order valence-electron chi connectivity index (χ0n) is 14.8. The first-order chi connectivity index (χ1) is 13.7. The van der Waals surface area contributed by atoms with Gasteiger partial charge in [-0.3, -0.25) is 18.4 Å². The van der Waals surface area contributed by atoms with Gasteiger partial charge in [-0.15, -0.1) is 0 Å². The zero-order chi connectivity index (χ0) is 18.8. The summed E-state index contributed by atoms with van der Waals surface area (Å²) in [4.78, 5) is 26.6. The maximum atomic E-state index is 13.3. The fourth-order valence-corrected chi connectivity index (χ4v) is 4.17. The molecule has 0 radical (unpaired) electrons. The van der Waals surface area contributed by atoms with Crippen LogP contribution in [0.1, 0.15) is 0 Å². The number of rotatable bonds is 0. The Balaban J connectivity index is 1.90. The Bertz CT molecular complexity index is 1580. The van der Waals surface area contributed by atoms with Crippen LogP contribution in [-0.4, -0.2) is 8.80 Å². The van der Waals surface area contributed by atoms with Gasteiger partial charge in [-0.05, 0) is 35.0 Å². The molecule has 0 aliphatic rings. The van der Waals surface area contributed by atoms with Crippen LogP contribution < -0.4 is 11.1 Å². The molecule has 0 amide bonds. The second kappa shape index (κ2) is 5.30. The molecule has 0 saturated carbocycles. The summed E-state index contributed by atoms with van der Waals surface area (Å²) in [5.41, 5.74) is 1.14. The van der Waals surface area contributed by atoms with E-state index in [1.165, 1.54) is 0 Å². The van der Waals surface area contributed by atoms with Crippen molar-refractivity contribution in [3.8, 4) is 0 Å². The minimum absolute atomic E-state index is 0.175. The highest BCUT2D eigenvalue weighted by Gasteiger charge is 2.13. The van der Waals surface area contributed by atoms with E-state index < -0.39 is 0 Å². The van der Waals surface area contributed by atoms with Gasteiger partial charge in [0.2, 0.25) is 0 Å². The first-order valence-corrected chi connectivity index (χ1v) is 9.12. The molecule has 4 heterocycles. The number of hydrogen-bond acceptors (Lipinski definition) is 2. The van der Waals surface area contributed by atoms with Gasteiger partial charge in [-0.2, -0.15) is 0 Å². The van der Waals surface area contributed by atoms with E-state index >= 15 is 0 Å². The second-order valence-corrected chi connectivity index (χ2v) is 7.04. The van der Waals surface area contributed by atoms with Crippen LogP contribution in [0.5, 0.6) is 0 Å². The smallest absolute Gasteiger partial charge is 0.263 e. The number of aromatic nitrogens is 2. The highest BCUT2D eigenvalue weighted by atomic mass is 16.1. The van der Waals surface area contributed by atoms with E-state index in [2.05, 4.69) is 0 Å². The summed E-state index contributed by atoms with van der Waals surface area (Å²) in [6, 6.07) is 23.3. The van der Waals surface area contributed by atoms with Crippen molar-refractivity contribution in [3.05, 3.63) is 106 Å². The molecule has 2 aromatic carbocycles. The van der Waals surface area contributed by atoms with Gasteiger partial charge in [0.05, 0.1) is 21.8 Å². The highest BCUT2D eigenvalue weighted by Crippen LogP contribution is 2.24. The van der Waals surface area contributed by atoms with Gasteiger partial charge in [-0.1, -0.05) is 48.5 Å². The maximum absolute atomic E-state index is 13.3. The molecule has 132 valence electrons. The van der Waals surface area contributed by atoms with Crippen molar-refractivity contribution < 1.29 is 0 Å². The van der Waals surface area contributed by atoms with Crippen molar-refractivity contribution in [2.75, 3.05) is 0 Å². The van der Waals surface area contributed by atoms with Crippen molar-refractivity contribution in [1.29, 1.82) is 0 Å². The van der Waals surface area contributed by atoms with Gasteiger partial charge < -0.3 is 0 Å². The van der Waals surface area contributed by atoms with Crippen LogP contribution in [-0.2, 0) is 0 Å². The lowest BCUT2D eigenvalue weighted by Crippen LogP contribution is -2.20. The van der Waals surface area contributed by atoms with Crippen LogP contribution in [0.25, 0.3) is 43.4 Å². The van der Waals surface area contributed by atoms with Crippen LogP contribution in [0.15, 0.2) is 94.8 Å². The van der Waals surface area contributed by atoms with Crippen LogP contribution in [0.3, 0.4) is 0 Å². The number of hydrogen-bond donors (Lipinski definition) is 0. The largest absolute Gasteiger partial charge is 0.283 e. The van der Waals surface area contributed by atoms with Crippen molar-refractivity contribution in [2.24, 2.45) is 0 Å². The highest BCUT2D eigenvalue weighted by molar-refractivity contribution is 6.03. The van der Waals surface area contributed by atoms with Crippen molar-refractivity contribution in [2.45, 2.75) is 0 Å². The molecule has 6 rings (SSSR count). The molecule has 6 aromatic rings. The lowest BCUT2D eigenvalue weighted by molar-refractivity contribution is 1.10. The molecule has 4 nitrogen and oxygen atoms in total. The predicted molar refractivity (Wildman–Crippen MR) is 113 cm³/mol. The molecule has 0 unspecified atom stereocenters. The summed E-state index contributed by atoms with van der Waals surface area (Å²) in [7, 11) is 0.